The van der Waals surface area contributed by atoms with Gasteiger partial charge in [-0.3, -0.25) is 0 Å². The number of fused-ring (bicyclic) bond motifs is 2. The predicted octanol–water partition coefficient (Wildman–Crippen LogP) is 5.22. The van der Waals surface area contributed by atoms with E-state index in [4.69, 9.17) is 14.3 Å². The van der Waals surface area contributed by atoms with Crippen molar-refractivity contribution in [1.29, 1.82) is 0 Å². The highest BCUT2D eigenvalue weighted by atomic mass is 19.2. The maximum atomic E-state index is 13.6. The summed E-state index contributed by atoms with van der Waals surface area (Å²) in [6.07, 6.45) is -1.43. The van der Waals surface area contributed by atoms with Crippen LogP contribution < -0.4 is 9.64 Å². The molecule has 2 aromatic carbocycles. The lowest BCUT2D eigenvalue weighted by Crippen LogP contribution is -2.27. The second kappa shape index (κ2) is 7.25. The molecule has 0 radical (unpaired) electrons. The Morgan fingerprint density at radius 2 is 1.83 bits per heavy atom. The fourth-order valence-corrected chi connectivity index (χ4v) is 3.00. The molecule has 4 rings (SSSR count). The molecule has 7 nitrogen and oxygen atoms in total. The fourth-order valence-electron chi connectivity index (χ4n) is 3.00. The van der Waals surface area contributed by atoms with E-state index in [1.54, 1.807) is 12.1 Å². The summed E-state index contributed by atoms with van der Waals surface area (Å²) in [4.78, 5) is 21.9. The second-order valence-electron chi connectivity index (χ2n) is 7.03. The third-order valence-electron chi connectivity index (χ3n) is 4.72. The zero-order valence-corrected chi connectivity index (χ0v) is 16.3. The first kappa shape index (κ1) is 19.6. The largest absolute Gasteiger partial charge is 0.511 e. The normalized spacial score (nSPS) is 11.4. The van der Waals surface area contributed by atoms with Crippen LogP contribution in [0.15, 0.2) is 40.8 Å². The van der Waals surface area contributed by atoms with Crippen molar-refractivity contribution in [3.63, 3.8) is 0 Å². The van der Waals surface area contributed by atoms with Crippen molar-refractivity contribution in [2.24, 2.45) is 0 Å². The minimum atomic E-state index is -1.43. The van der Waals surface area contributed by atoms with E-state index in [0.717, 1.165) is 12.1 Å². The number of carboxylic acid groups (broad SMARTS) is 1. The molecule has 0 aliphatic heterocycles. The molecular weight excluding hydrogens is 396 g/mol. The van der Waals surface area contributed by atoms with Gasteiger partial charge in [-0.2, -0.15) is 0 Å². The van der Waals surface area contributed by atoms with E-state index in [9.17, 15) is 13.6 Å². The van der Waals surface area contributed by atoms with Crippen LogP contribution >= 0.6 is 0 Å². The molecular formula is C21H17F2N3O4. The molecule has 0 amide bonds. The number of aromatic nitrogens is 2. The van der Waals surface area contributed by atoms with Gasteiger partial charge < -0.3 is 19.2 Å². The Morgan fingerprint density at radius 3 is 2.53 bits per heavy atom. The molecule has 2 heterocycles. The average molecular weight is 413 g/mol. The van der Waals surface area contributed by atoms with Crippen LogP contribution in [-0.2, 0) is 0 Å². The number of hydrogen-bond donors (Lipinski definition) is 1. The lowest BCUT2D eigenvalue weighted by Gasteiger charge is -2.24. The van der Waals surface area contributed by atoms with Crippen molar-refractivity contribution in [2.75, 3.05) is 11.9 Å². The van der Waals surface area contributed by atoms with Gasteiger partial charge in [0.05, 0.1) is 11.0 Å². The summed E-state index contributed by atoms with van der Waals surface area (Å²) in [5.41, 5.74) is 1.48. The van der Waals surface area contributed by atoms with Gasteiger partial charge in [-0.25, -0.2) is 23.5 Å². The number of rotatable bonds is 4. The van der Waals surface area contributed by atoms with E-state index >= 15 is 0 Å². The molecule has 0 spiro atoms. The highest BCUT2D eigenvalue weighted by molar-refractivity contribution is 5.88. The van der Waals surface area contributed by atoms with Crippen LogP contribution in [0.2, 0.25) is 0 Å². The molecule has 4 aromatic rings. The first-order valence-electron chi connectivity index (χ1n) is 9.07. The molecule has 9 heteroatoms. The van der Waals surface area contributed by atoms with Crippen LogP contribution in [0.4, 0.5) is 19.4 Å². The minimum absolute atomic E-state index is 0.0493. The Hall–Kier alpha value is -3.75. The van der Waals surface area contributed by atoms with Crippen LogP contribution in [-0.4, -0.2) is 34.3 Å². The van der Waals surface area contributed by atoms with E-state index in [1.165, 1.54) is 12.1 Å². The summed E-state index contributed by atoms with van der Waals surface area (Å²) in [5, 5.41) is 9.22. The molecule has 0 unspecified atom stereocenters. The lowest BCUT2D eigenvalue weighted by molar-refractivity contribution is 0.144. The van der Waals surface area contributed by atoms with Crippen molar-refractivity contribution in [3.8, 4) is 17.2 Å². The van der Waals surface area contributed by atoms with Crippen molar-refractivity contribution >= 4 is 34.0 Å². The number of halogens is 2. The molecule has 0 fully saturated rings. The summed E-state index contributed by atoms with van der Waals surface area (Å²) in [6, 6.07) is 8.19. The van der Waals surface area contributed by atoms with Crippen LogP contribution in [0, 0.1) is 11.6 Å². The van der Waals surface area contributed by atoms with Crippen molar-refractivity contribution in [2.45, 2.75) is 19.9 Å². The van der Waals surface area contributed by atoms with Gasteiger partial charge >= 0.3 is 6.16 Å². The van der Waals surface area contributed by atoms with Gasteiger partial charge in [-0.15, -0.1) is 0 Å². The molecule has 30 heavy (non-hydrogen) atoms. The molecule has 1 N–H and O–H groups in total. The molecule has 0 saturated heterocycles. The van der Waals surface area contributed by atoms with Crippen molar-refractivity contribution in [1.82, 2.24) is 9.97 Å². The Bertz CT molecular complexity index is 1250. The van der Waals surface area contributed by atoms with Crippen molar-refractivity contribution in [3.05, 3.63) is 48.0 Å². The number of hydrogen-bond acceptors (Lipinski definition) is 6. The van der Waals surface area contributed by atoms with Crippen LogP contribution in [0.1, 0.15) is 13.8 Å². The Labute approximate surface area is 169 Å². The van der Waals surface area contributed by atoms with Gasteiger partial charge in [0.2, 0.25) is 0 Å². The quantitative estimate of drug-likeness (QED) is 0.362. The first-order valence-corrected chi connectivity index (χ1v) is 9.07. The number of ether oxygens (including phenoxy) is 1. The van der Waals surface area contributed by atoms with Gasteiger partial charge in [0.15, 0.2) is 23.2 Å². The van der Waals surface area contributed by atoms with E-state index < -0.39 is 17.8 Å². The minimum Gasteiger partial charge on any atom is -0.454 e. The first-order chi connectivity index (χ1) is 14.2. The Balaban J connectivity index is 1.93. The van der Waals surface area contributed by atoms with E-state index in [1.807, 2.05) is 25.8 Å². The summed E-state index contributed by atoms with van der Waals surface area (Å²) >= 11 is 0. The molecule has 0 atom stereocenters. The second-order valence-corrected chi connectivity index (χ2v) is 7.03. The molecule has 0 bridgehead atoms. The maximum absolute atomic E-state index is 13.6. The van der Waals surface area contributed by atoms with E-state index in [2.05, 4.69) is 9.97 Å². The van der Waals surface area contributed by atoms with Gasteiger partial charge in [0.25, 0.3) is 0 Å². The number of nitrogens with zero attached hydrogens (tertiary/aromatic N) is 3. The molecule has 0 aliphatic carbocycles. The third-order valence-corrected chi connectivity index (χ3v) is 4.72. The number of furan rings is 1. The molecule has 2 aromatic heterocycles. The zero-order chi connectivity index (χ0) is 21.6. The van der Waals surface area contributed by atoms with Gasteiger partial charge in [-0.05, 0) is 38.1 Å². The SMILES string of the molecule is CC(C)N(C)c1nc2cc(OC(=O)O)ccc2nc1-c1cc2cc(F)c(F)cc2o1. The van der Waals surface area contributed by atoms with E-state index in [0.29, 0.717) is 33.7 Å². The number of benzene rings is 2. The smallest absolute Gasteiger partial charge is 0.454 e. The number of carbonyl (C=O) groups is 1. The number of anilines is 1. The van der Waals surface area contributed by atoms with E-state index in [-0.39, 0.29) is 17.4 Å². The van der Waals surface area contributed by atoms with Crippen LogP contribution in [0.25, 0.3) is 33.5 Å². The zero-order valence-electron chi connectivity index (χ0n) is 16.3. The summed E-state index contributed by atoms with van der Waals surface area (Å²) < 4.78 is 37.6. The monoisotopic (exact) mass is 413 g/mol. The van der Waals surface area contributed by atoms with Crippen LogP contribution in [0.3, 0.4) is 0 Å². The summed E-state index contributed by atoms with van der Waals surface area (Å²) in [5.74, 6) is -1.09. The molecule has 154 valence electrons. The lowest BCUT2D eigenvalue weighted by atomic mass is 10.2. The van der Waals surface area contributed by atoms with Gasteiger partial charge in [0, 0.05) is 30.6 Å². The Kier molecular flexibility index (Phi) is 4.73. The predicted molar refractivity (Wildman–Crippen MR) is 107 cm³/mol. The highest BCUT2D eigenvalue weighted by Crippen LogP contribution is 2.35. The third kappa shape index (κ3) is 3.49. The maximum Gasteiger partial charge on any atom is 0.511 e. The van der Waals surface area contributed by atoms with Crippen molar-refractivity contribution < 1.29 is 27.8 Å². The highest BCUT2D eigenvalue weighted by Gasteiger charge is 2.21. The van der Waals surface area contributed by atoms with Gasteiger partial charge in [0.1, 0.15) is 17.0 Å². The standard InChI is InChI=1S/C21H17F2N3O4/c1-10(2)26(3)20-19(18-7-11-6-13(22)14(23)9-17(11)30-18)24-15-5-4-12(29-21(27)28)8-16(15)25-20/h4-10H,1-3H3,(H,27,28). The molecule has 0 aliphatic rings. The summed E-state index contributed by atoms with van der Waals surface area (Å²) in [6.45, 7) is 3.92. The summed E-state index contributed by atoms with van der Waals surface area (Å²) in [7, 11) is 1.82. The Morgan fingerprint density at radius 1 is 1.10 bits per heavy atom. The fraction of sp³-hybridized carbons (Fsp3) is 0.190. The van der Waals surface area contributed by atoms with Gasteiger partial charge in [-0.1, -0.05) is 0 Å². The molecule has 0 saturated carbocycles. The average Bonchev–Trinajstić information content (AvgIpc) is 3.08. The topological polar surface area (TPSA) is 88.7 Å². The van der Waals surface area contributed by atoms with Crippen LogP contribution in [0.5, 0.6) is 5.75 Å².